The maximum Gasteiger partial charge on any atom is 0.156 e. The minimum atomic E-state index is 0.566. The Bertz CT molecular complexity index is 702. The summed E-state index contributed by atoms with van der Waals surface area (Å²) in [6.07, 6.45) is 0. The van der Waals surface area contributed by atoms with Gasteiger partial charge in [-0.05, 0) is 19.1 Å². The standard InChI is InChI=1S/C13H14N4S2/c1-9-15-10(7-19-9)6-17-12-5-3-2-4-11(12)13(16-17)14-8-18/h2-5,7,18H,6,8H2,1H3,(H,14,16). The maximum atomic E-state index is 4.60. The van der Waals surface area contributed by atoms with E-state index in [1.165, 1.54) is 0 Å². The predicted molar refractivity (Wildman–Crippen MR) is 83.2 cm³/mol. The fourth-order valence-corrected chi connectivity index (χ4v) is 2.84. The number of thiol groups is 1. The summed E-state index contributed by atoms with van der Waals surface area (Å²) in [4.78, 5) is 4.49. The van der Waals surface area contributed by atoms with Crippen LogP contribution in [0.25, 0.3) is 10.9 Å². The van der Waals surface area contributed by atoms with Crippen molar-refractivity contribution in [3.05, 3.63) is 40.3 Å². The Morgan fingerprint density at radius 2 is 2.21 bits per heavy atom. The zero-order valence-corrected chi connectivity index (χ0v) is 12.2. The largest absolute Gasteiger partial charge is 0.359 e. The number of nitrogens with one attached hydrogen (secondary N) is 1. The van der Waals surface area contributed by atoms with Crippen molar-refractivity contribution in [1.82, 2.24) is 14.8 Å². The lowest BCUT2D eigenvalue weighted by atomic mass is 10.2. The number of hydrogen-bond donors (Lipinski definition) is 2. The van der Waals surface area contributed by atoms with Crippen LogP contribution in [0.2, 0.25) is 0 Å². The van der Waals surface area contributed by atoms with Gasteiger partial charge in [-0.1, -0.05) is 12.1 Å². The molecular weight excluding hydrogens is 276 g/mol. The van der Waals surface area contributed by atoms with Gasteiger partial charge in [0.25, 0.3) is 0 Å². The SMILES string of the molecule is Cc1nc(Cn2nc(NCS)c3ccccc32)cs1. The molecule has 1 N–H and O–H groups in total. The van der Waals surface area contributed by atoms with Crippen molar-refractivity contribution in [2.45, 2.75) is 13.5 Å². The van der Waals surface area contributed by atoms with E-state index in [9.17, 15) is 0 Å². The quantitative estimate of drug-likeness (QED) is 0.573. The molecule has 3 aromatic rings. The molecule has 0 saturated heterocycles. The summed E-state index contributed by atoms with van der Waals surface area (Å²) in [5.74, 6) is 1.44. The molecule has 0 fully saturated rings. The second-order valence-electron chi connectivity index (χ2n) is 4.22. The molecule has 0 bridgehead atoms. The van der Waals surface area contributed by atoms with E-state index in [0.29, 0.717) is 12.4 Å². The second-order valence-corrected chi connectivity index (χ2v) is 5.59. The van der Waals surface area contributed by atoms with Gasteiger partial charge >= 0.3 is 0 Å². The molecule has 2 aromatic heterocycles. The van der Waals surface area contributed by atoms with Crippen molar-refractivity contribution < 1.29 is 0 Å². The fourth-order valence-electron chi connectivity index (χ4n) is 2.09. The number of aromatic nitrogens is 3. The van der Waals surface area contributed by atoms with Gasteiger partial charge in [0.1, 0.15) is 0 Å². The first-order valence-corrected chi connectivity index (χ1v) is 7.50. The number of nitrogens with zero attached hydrogens (tertiary/aromatic N) is 3. The zero-order valence-electron chi connectivity index (χ0n) is 10.5. The first-order chi connectivity index (χ1) is 9.28. The van der Waals surface area contributed by atoms with Crippen molar-refractivity contribution in [3.8, 4) is 0 Å². The lowest BCUT2D eigenvalue weighted by Gasteiger charge is -1.99. The molecule has 0 aliphatic rings. The number of rotatable bonds is 4. The third-order valence-electron chi connectivity index (χ3n) is 2.88. The van der Waals surface area contributed by atoms with Crippen LogP contribution in [0.5, 0.6) is 0 Å². The number of hydrogen-bond acceptors (Lipinski definition) is 5. The number of para-hydroxylation sites is 1. The van der Waals surface area contributed by atoms with Crippen LogP contribution >= 0.6 is 24.0 Å². The monoisotopic (exact) mass is 290 g/mol. The molecule has 0 spiro atoms. The van der Waals surface area contributed by atoms with E-state index >= 15 is 0 Å². The molecule has 0 aliphatic heterocycles. The molecule has 0 saturated carbocycles. The minimum absolute atomic E-state index is 0.566. The van der Waals surface area contributed by atoms with E-state index in [0.717, 1.165) is 27.4 Å². The first kappa shape index (κ1) is 12.5. The minimum Gasteiger partial charge on any atom is -0.359 e. The van der Waals surface area contributed by atoms with E-state index < -0.39 is 0 Å². The highest BCUT2D eigenvalue weighted by molar-refractivity contribution is 7.80. The average Bonchev–Trinajstić information content (AvgIpc) is 2.97. The summed E-state index contributed by atoms with van der Waals surface area (Å²) >= 11 is 5.86. The lowest BCUT2D eigenvalue weighted by Crippen LogP contribution is -2.03. The number of thiazole rings is 1. The first-order valence-electron chi connectivity index (χ1n) is 5.99. The Labute approximate surface area is 120 Å². The van der Waals surface area contributed by atoms with Gasteiger partial charge in [-0.3, -0.25) is 4.68 Å². The number of aryl methyl sites for hydroxylation is 1. The molecule has 1 aromatic carbocycles. The molecule has 3 rings (SSSR count). The van der Waals surface area contributed by atoms with E-state index in [1.807, 2.05) is 23.7 Å². The summed E-state index contributed by atoms with van der Waals surface area (Å²) in [6.45, 7) is 2.71. The number of benzene rings is 1. The molecule has 0 atom stereocenters. The third kappa shape index (κ3) is 2.46. The van der Waals surface area contributed by atoms with Gasteiger partial charge in [0.05, 0.1) is 28.6 Å². The number of anilines is 1. The van der Waals surface area contributed by atoms with Crippen LogP contribution in [0.1, 0.15) is 10.7 Å². The summed E-state index contributed by atoms with van der Waals surface area (Å²) < 4.78 is 1.98. The van der Waals surface area contributed by atoms with E-state index in [4.69, 9.17) is 0 Å². The second kappa shape index (κ2) is 5.22. The Balaban J connectivity index is 2.03. The molecule has 19 heavy (non-hydrogen) atoms. The van der Waals surface area contributed by atoms with E-state index in [1.54, 1.807) is 11.3 Å². The highest BCUT2D eigenvalue weighted by atomic mass is 32.1. The predicted octanol–water partition coefficient (Wildman–Crippen LogP) is 3.15. The van der Waals surface area contributed by atoms with Gasteiger partial charge in [-0.2, -0.15) is 17.7 Å². The summed E-state index contributed by atoms with van der Waals surface area (Å²) in [5.41, 5.74) is 2.16. The molecule has 4 nitrogen and oxygen atoms in total. The van der Waals surface area contributed by atoms with Crippen molar-refractivity contribution in [3.63, 3.8) is 0 Å². The van der Waals surface area contributed by atoms with Crippen LogP contribution in [0.4, 0.5) is 5.82 Å². The molecule has 98 valence electrons. The Morgan fingerprint density at radius 3 is 2.95 bits per heavy atom. The van der Waals surface area contributed by atoms with Crippen molar-refractivity contribution in [2.75, 3.05) is 11.2 Å². The fraction of sp³-hybridized carbons (Fsp3) is 0.231. The summed E-state index contributed by atoms with van der Waals surface area (Å²) in [5, 5.41) is 12.1. The van der Waals surface area contributed by atoms with Gasteiger partial charge in [0.15, 0.2) is 5.82 Å². The van der Waals surface area contributed by atoms with Crippen LogP contribution in [0.3, 0.4) is 0 Å². The van der Waals surface area contributed by atoms with Crippen LogP contribution in [-0.4, -0.2) is 20.6 Å². The van der Waals surface area contributed by atoms with Gasteiger partial charge in [-0.25, -0.2) is 4.98 Å². The number of fused-ring (bicyclic) bond motifs is 1. The van der Waals surface area contributed by atoms with E-state index in [2.05, 4.69) is 45.5 Å². The summed E-state index contributed by atoms with van der Waals surface area (Å²) in [7, 11) is 0. The molecule has 0 radical (unpaired) electrons. The Kier molecular flexibility index (Phi) is 3.44. The van der Waals surface area contributed by atoms with Gasteiger partial charge < -0.3 is 5.32 Å². The lowest BCUT2D eigenvalue weighted by molar-refractivity contribution is 0.701. The highest BCUT2D eigenvalue weighted by Crippen LogP contribution is 2.23. The summed E-state index contributed by atoms with van der Waals surface area (Å²) in [6, 6.07) is 8.19. The average molecular weight is 290 g/mol. The zero-order chi connectivity index (χ0) is 13.2. The molecular formula is C13H14N4S2. The van der Waals surface area contributed by atoms with Crippen molar-refractivity contribution >= 4 is 40.7 Å². The van der Waals surface area contributed by atoms with Gasteiger partial charge in [0, 0.05) is 10.8 Å². The molecule has 0 aliphatic carbocycles. The van der Waals surface area contributed by atoms with Gasteiger partial charge in [0.2, 0.25) is 0 Å². The molecule has 0 unspecified atom stereocenters. The molecule has 6 heteroatoms. The molecule has 0 amide bonds. The maximum absolute atomic E-state index is 4.60. The van der Waals surface area contributed by atoms with Crippen LogP contribution < -0.4 is 5.32 Å². The van der Waals surface area contributed by atoms with Gasteiger partial charge in [-0.15, -0.1) is 11.3 Å². The van der Waals surface area contributed by atoms with Crippen molar-refractivity contribution in [1.29, 1.82) is 0 Å². The van der Waals surface area contributed by atoms with E-state index in [-0.39, 0.29) is 0 Å². The van der Waals surface area contributed by atoms with Crippen molar-refractivity contribution in [2.24, 2.45) is 0 Å². The third-order valence-corrected chi connectivity index (χ3v) is 3.86. The van der Waals surface area contributed by atoms with Crippen LogP contribution in [0, 0.1) is 6.92 Å². The van der Waals surface area contributed by atoms with Crippen LogP contribution in [-0.2, 0) is 6.54 Å². The van der Waals surface area contributed by atoms with Crippen LogP contribution in [0.15, 0.2) is 29.6 Å². The Morgan fingerprint density at radius 1 is 1.37 bits per heavy atom. The normalized spacial score (nSPS) is 11.1. The Hall–Kier alpha value is -1.53. The smallest absolute Gasteiger partial charge is 0.156 e. The highest BCUT2D eigenvalue weighted by Gasteiger charge is 2.10. The molecule has 2 heterocycles. The topological polar surface area (TPSA) is 42.7 Å².